The number of urea groups is 1. The molecule has 0 spiro atoms. The third-order valence-electron chi connectivity index (χ3n) is 7.31. The van der Waals surface area contributed by atoms with E-state index in [0.717, 1.165) is 28.8 Å². The van der Waals surface area contributed by atoms with E-state index < -0.39 is 23.8 Å². The van der Waals surface area contributed by atoms with Crippen molar-refractivity contribution in [2.24, 2.45) is 0 Å². The summed E-state index contributed by atoms with van der Waals surface area (Å²) in [5, 5.41) is 2.95. The molecule has 1 atom stereocenters. The SMILES string of the molecule is CCOC(=O)C1=C(CN2CCN(C(=O)c3ccc(C(F)(F)F)cc3)CC2)N(C)C(=O)NC1c1cc(C)ccc1C. The van der Waals surface area contributed by atoms with Crippen LogP contribution in [0.1, 0.15) is 45.6 Å². The molecule has 11 heteroatoms. The summed E-state index contributed by atoms with van der Waals surface area (Å²) in [5.74, 6) is -0.852. The van der Waals surface area contributed by atoms with E-state index in [-0.39, 0.29) is 30.7 Å². The van der Waals surface area contributed by atoms with Crippen molar-refractivity contribution in [2.45, 2.75) is 33.0 Å². The minimum absolute atomic E-state index is 0.178. The van der Waals surface area contributed by atoms with Crippen LogP contribution in [-0.4, -0.2) is 79.0 Å². The Bertz CT molecular complexity index is 1320. The molecule has 0 radical (unpaired) electrons. The normalized spacial score (nSPS) is 18.6. The predicted molar refractivity (Wildman–Crippen MR) is 142 cm³/mol. The van der Waals surface area contributed by atoms with Crippen LogP contribution in [0.4, 0.5) is 18.0 Å². The van der Waals surface area contributed by atoms with Crippen molar-refractivity contribution in [1.82, 2.24) is 20.0 Å². The van der Waals surface area contributed by atoms with Crippen molar-refractivity contribution in [3.63, 3.8) is 0 Å². The number of hydrogen-bond donors (Lipinski definition) is 1. The second-order valence-electron chi connectivity index (χ2n) is 10.0. The number of nitrogens with one attached hydrogen (secondary N) is 1. The lowest BCUT2D eigenvalue weighted by molar-refractivity contribution is -0.139. The highest BCUT2D eigenvalue weighted by atomic mass is 19.4. The van der Waals surface area contributed by atoms with E-state index >= 15 is 0 Å². The first-order valence-electron chi connectivity index (χ1n) is 13.1. The fourth-order valence-electron chi connectivity index (χ4n) is 5.01. The summed E-state index contributed by atoms with van der Waals surface area (Å²) in [5.41, 5.74) is 3.00. The van der Waals surface area contributed by atoms with Crippen LogP contribution in [0.15, 0.2) is 53.7 Å². The number of nitrogens with zero attached hydrogens (tertiary/aromatic N) is 3. The van der Waals surface area contributed by atoms with Crippen LogP contribution >= 0.6 is 0 Å². The van der Waals surface area contributed by atoms with Crippen molar-refractivity contribution in [2.75, 3.05) is 46.4 Å². The van der Waals surface area contributed by atoms with Gasteiger partial charge < -0.3 is 15.0 Å². The fraction of sp³-hybridized carbons (Fsp3) is 0.414. The van der Waals surface area contributed by atoms with E-state index in [0.29, 0.717) is 37.4 Å². The zero-order valence-electron chi connectivity index (χ0n) is 23.0. The summed E-state index contributed by atoms with van der Waals surface area (Å²) in [7, 11) is 1.60. The number of hydrogen-bond acceptors (Lipinski definition) is 5. The van der Waals surface area contributed by atoms with E-state index in [1.54, 1.807) is 18.9 Å². The highest BCUT2D eigenvalue weighted by molar-refractivity contribution is 5.95. The van der Waals surface area contributed by atoms with Gasteiger partial charge in [0.2, 0.25) is 0 Å². The largest absolute Gasteiger partial charge is 0.463 e. The standard InChI is InChI=1S/C29H33F3N4O4/c1-5-40-27(38)24-23(34(4)28(39)33-25(24)22-16-18(2)6-7-19(22)3)17-35-12-14-36(15-13-35)26(37)20-8-10-21(11-9-20)29(30,31)32/h6-11,16,25H,5,12-15,17H2,1-4H3,(H,33,39). The number of aryl methyl sites for hydroxylation is 2. The first-order valence-corrected chi connectivity index (χ1v) is 13.1. The number of rotatable bonds is 6. The summed E-state index contributed by atoms with van der Waals surface area (Å²) < 4.78 is 44.1. The minimum atomic E-state index is -4.47. The van der Waals surface area contributed by atoms with E-state index in [1.165, 1.54) is 17.0 Å². The van der Waals surface area contributed by atoms with Gasteiger partial charge in [-0.05, 0) is 56.2 Å². The lowest BCUT2D eigenvalue weighted by atomic mass is 9.90. The Hall–Kier alpha value is -3.86. The predicted octanol–water partition coefficient (Wildman–Crippen LogP) is 4.29. The Morgan fingerprint density at radius 2 is 1.68 bits per heavy atom. The van der Waals surface area contributed by atoms with Crippen molar-refractivity contribution >= 4 is 17.9 Å². The first kappa shape index (κ1) is 29.1. The van der Waals surface area contributed by atoms with Crippen molar-refractivity contribution in [3.05, 3.63) is 81.6 Å². The van der Waals surface area contributed by atoms with Gasteiger partial charge >= 0.3 is 18.2 Å². The number of likely N-dealkylation sites (N-methyl/N-ethyl adjacent to an activating group) is 1. The summed E-state index contributed by atoms with van der Waals surface area (Å²) in [6.45, 7) is 7.65. The number of esters is 1. The zero-order valence-corrected chi connectivity index (χ0v) is 23.0. The monoisotopic (exact) mass is 558 g/mol. The number of benzene rings is 2. The molecular weight excluding hydrogens is 525 g/mol. The van der Waals surface area contributed by atoms with Gasteiger partial charge in [0.25, 0.3) is 5.91 Å². The van der Waals surface area contributed by atoms with Gasteiger partial charge in [-0.25, -0.2) is 9.59 Å². The average molecular weight is 559 g/mol. The third-order valence-corrected chi connectivity index (χ3v) is 7.31. The smallest absolute Gasteiger partial charge is 0.416 e. The molecule has 0 saturated carbocycles. The molecular formula is C29H33F3N4O4. The van der Waals surface area contributed by atoms with E-state index in [4.69, 9.17) is 4.74 Å². The van der Waals surface area contributed by atoms with Crippen molar-refractivity contribution in [1.29, 1.82) is 0 Å². The molecule has 1 saturated heterocycles. The van der Waals surface area contributed by atoms with Crippen LogP contribution in [0.5, 0.6) is 0 Å². The Kier molecular flexibility index (Phi) is 8.53. The van der Waals surface area contributed by atoms with Gasteiger partial charge in [0.15, 0.2) is 0 Å². The molecule has 0 bridgehead atoms. The van der Waals surface area contributed by atoms with E-state index in [1.807, 2.05) is 36.9 Å². The fourth-order valence-corrected chi connectivity index (χ4v) is 5.01. The maximum Gasteiger partial charge on any atom is 0.416 e. The lowest BCUT2D eigenvalue weighted by Crippen LogP contribution is -2.53. The molecule has 2 aliphatic heterocycles. The van der Waals surface area contributed by atoms with Crippen LogP contribution in [-0.2, 0) is 15.7 Å². The summed E-state index contributed by atoms with van der Waals surface area (Å²) >= 11 is 0. The molecule has 8 nitrogen and oxygen atoms in total. The molecule has 1 fully saturated rings. The van der Waals surface area contributed by atoms with Gasteiger partial charge in [0, 0.05) is 51.0 Å². The Balaban J connectivity index is 1.55. The van der Waals surface area contributed by atoms with Crippen LogP contribution in [0.3, 0.4) is 0 Å². The molecule has 4 rings (SSSR count). The van der Waals surface area contributed by atoms with Crippen LogP contribution in [0, 0.1) is 13.8 Å². The average Bonchev–Trinajstić information content (AvgIpc) is 2.92. The summed E-state index contributed by atoms with van der Waals surface area (Å²) in [6, 6.07) is 9.04. The molecule has 2 aromatic carbocycles. The number of ether oxygens (including phenoxy) is 1. The molecule has 3 amide bonds. The topological polar surface area (TPSA) is 82.2 Å². The highest BCUT2D eigenvalue weighted by Gasteiger charge is 2.38. The molecule has 214 valence electrons. The maximum atomic E-state index is 13.3. The lowest BCUT2D eigenvalue weighted by Gasteiger charge is -2.39. The number of amides is 3. The van der Waals surface area contributed by atoms with Gasteiger partial charge in [-0.1, -0.05) is 23.8 Å². The molecule has 1 N–H and O–H groups in total. The molecule has 40 heavy (non-hydrogen) atoms. The molecule has 1 unspecified atom stereocenters. The molecule has 0 aromatic heterocycles. The quantitative estimate of drug-likeness (QED) is 0.535. The number of halogens is 3. The van der Waals surface area contributed by atoms with Gasteiger partial charge in [-0.3, -0.25) is 14.6 Å². The molecule has 2 aliphatic rings. The Labute approximate surface area is 231 Å². The van der Waals surface area contributed by atoms with Gasteiger partial charge in [0.05, 0.1) is 23.8 Å². The van der Waals surface area contributed by atoms with E-state index in [9.17, 15) is 27.6 Å². The summed E-state index contributed by atoms with van der Waals surface area (Å²) in [4.78, 5) is 44.3. The van der Waals surface area contributed by atoms with Crippen LogP contribution in [0.25, 0.3) is 0 Å². The minimum Gasteiger partial charge on any atom is -0.463 e. The first-order chi connectivity index (χ1) is 18.9. The second kappa shape index (κ2) is 11.7. The maximum absolute atomic E-state index is 13.3. The van der Waals surface area contributed by atoms with E-state index in [2.05, 4.69) is 5.32 Å². The van der Waals surface area contributed by atoms with Crippen LogP contribution in [0.2, 0.25) is 0 Å². The number of carbonyl (C=O) groups is 3. The van der Waals surface area contributed by atoms with Crippen molar-refractivity contribution < 1.29 is 32.3 Å². The summed E-state index contributed by atoms with van der Waals surface area (Å²) in [6.07, 6.45) is -4.47. The number of piperazine rings is 1. The second-order valence-corrected chi connectivity index (χ2v) is 10.0. The molecule has 2 aromatic rings. The van der Waals surface area contributed by atoms with Crippen molar-refractivity contribution in [3.8, 4) is 0 Å². The third kappa shape index (κ3) is 6.14. The van der Waals surface area contributed by atoms with Crippen LogP contribution < -0.4 is 5.32 Å². The van der Waals surface area contributed by atoms with Gasteiger partial charge in [0.1, 0.15) is 0 Å². The molecule has 0 aliphatic carbocycles. The Morgan fingerprint density at radius 3 is 2.27 bits per heavy atom. The highest BCUT2D eigenvalue weighted by Crippen LogP contribution is 2.34. The number of carbonyl (C=O) groups excluding carboxylic acids is 3. The van der Waals surface area contributed by atoms with Gasteiger partial charge in [-0.15, -0.1) is 0 Å². The number of alkyl halides is 3. The zero-order chi connectivity index (χ0) is 29.2. The van der Waals surface area contributed by atoms with Gasteiger partial charge in [-0.2, -0.15) is 13.2 Å². The Morgan fingerprint density at radius 1 is 1.02 bits per heavy atom. The molecule has 2 heterocycles.